The Hall–Kier alpha value is -2.77. The smallest absolute Gasteiger partial charge is 0.269 e. The highest BCUT2D eigenvalue weighted by Gasteiger charge is 2.24. The Labute approximate surface area is 170 Å². The zero-order chi connectivity index (χ0) is 20.1. The Morgan fingerprint density at radius 2 is 1.93 bits per heavy atom. The number of anilines is 1. The molecule has 0 atom stereocenters. The highest BCUT2D eigenvalue weighted by atomic mass is 16.5. The van der Waals surface area contributed by atoms with Crippen molar-refractivity contribution >= 4 is 17.5 Å². The van der Waals surface area contributed by atoms with Gasteiger partial charge in [-0.05, 0) is 36.6 Å². The number of nitrogens with zero attached hydrogens (tertiary/aromatic N) is 3. The minimum absolute atomic E-state index is 0.0954. The van der Waals surface area contributed by atoms with Crippen LogP contribution in [0.5, 0.6) is 0 Å². The number of ether oxygens (including phenoxy) is 1. The normalized spacial score (nSPS) is 16.9. The molecule has 7 nitrogen and oxygen atoms in total. The number of aromatic nitrogens is 1. The third kappa shape index (κ3) is 4.63. The number of aryl methyl sites for hydroxylation is 1. The molecule has 29 heavy (non-hydrogen) atoms. The van der Waals surface area contributed by atoms with Crippen molar-refractivity contribution in [1.82, 2.24) is 15.2 Å². The average molecular weight is 394 g/mol. The Morgan fingerprint density at radius 1 is 1.10 bits per heavy atom. The van der Waals surface area contributed by atoms with Crippen molar-refractivity contribution in [3.63, 3.8) is 0 Å². The molecule has 0 unspecified atom stereocenters. The molecule has 2 aliphatic heterocycles. The first kappa shape index (κ1) is 19.5. The summed E-state index contributed by atoms with van der Waals surface area (Å²) in [6, 6.07) is 11.2. The van der Waals surface area contributed by atoms with E-state index in [9.17, 15) is 9.59 Å². The first-order valence-electron chi connectivity index (χ1n) is 10.2. The van der Waals surface area contributed by atoms with Gasteiger partial charge in [0.15, 0.2) is 0 Å². The van der Waals surface area contributed by atoms with Crippen LogP contribution in [0.3, 0.4) is 0 Å². The van der Waals surface area contributed by atoms with Gasteiger partial charge in [0.25, 0.3) is 11.8 Å². The summed E-state index contributed by atoms with van der Waals surface area (Å²) in [4.78, 5) is 33.8. The molecule has 1 aromatic heterocycles. The number of carbonyl (C=O) groups excluding carboxylic acids is 2. The molecule has 2 amide bonds. The Bertz CT molecular complexity index is 880. The molecule has 0 aliphatic carbocycles. The first-order valence-corrected chi connectivity index (χ1v) is 10.2. The van der Waals surface area contributed by atoms with Gasteiger partial charge in [-0.15, -0.1) is 0 Å². The number of nitrogens with one attached hydrogen (secondary N) is 1. The molecule has 0 bridgehead atoms. The molecular weight excluding hydrogens is 368 g/mol. The van der Waals surface area contributed by atoms with Crippen LogP contribution in [0.2, 0.25) is 0 Å². The first-order chi connectivity index (χ1) is 14.2. The van der Waals surface area contributed by atoms with Gasteiger partial charge in [-0.3, -0.25) is 19.5 Å². The number of para-hydroxylation sites is 1. The van der Waals surface area contributed by atoms with E-state index in [-0.39, 0.29) is 17.5 Å². The summed E-state index contributed by atoms with van der Waals surface area (Å²) in [6.45, 7) is 5.24. The quantitative estimate of drug-likeness (QED) is 0.836. The van der Waals surface area contributed by atoms with E-state index < -0.39 is 0 Å². The second-order valence-corrected chi connectivity index (χ2v) is 7.33. The molecular formula is C22H26N4O3. The van der Waals surface area contributed by atoms with Gasteiger partial charge in [0.1, 0.15) is 5.69 Å². The lowest BCUT2D eigenvalue weighted by atomic mass is 10.0. The van der Waals surface area contributed by atoms with Gasteiger partial charge in [-0.25, -0.2) is 0 Å². The number of hydrogen-bond acceptors (Lipinski definition) is 5. The molecule has 0 spiro atoms. The summed E-state index contributed by atoms with van der Waals surface area (Å²) in [5.74, 6) is -0.353. The fourth-order valence-corrected chi connectivity index (χ4v) is 3.83. The predicted molar refractivity (Wildman–Crippen MR) is 110 cm³/mol. The number of rotatable bonds is 5. The van der Waals surface area contributed by atoms with Crippen LogP contribution in [-0.2, 0) is 11.2 Å². The van der Waals surface area contributed by atoms with E-state index in [0.717, 1.165) is 51.4 Å². The summed E-state index contributed by atoms with van der Waals surface area (Å²) in [5, 5.41) is 2.90. The summed E-state index contributed by atoms with van der Waals surface area (Å²) in [7, 11) is 0. The van der Waals surface area contributed by atoms with Gasteiger partial charge in [-0.2, -0.15) is 0 Å². The average Bonchev–Trinajstić information content (AvgIpc) is 2.79. The lowest BCUT2D eigenvalue weighted by molar-refractivity contribution is 0.0383. The van der Waals surface area contributed by atoms with Gasteiger partial charge in [0.2, 0.25) is 0 Å². The van der Waals surface area contributed by atoms with Crippen molar-refractivity contribution in [2.75, 3.05) is 50.8 Å². The number of fused-ring (bicyclic) bond motifs is 1. The molecule has 1 saturated heterocycles. The molecule has 2 aromatic rings. The minimum atomic E-state index is -0.257. The van der Waals surface area contributed by atoms with E-state index >= 15 is 0 Å². The highest BCUT2D eigenvalue weighted by Crippen LogP contribution is 2.28. The van der Waals surface area contributed by atoms with Gasteiger partial charge >= 0.3 is 0 Å². The van der Waals surface area contributed by atoms with Gasteiger partial charge in [0.05, 0.1) is 13.2 Å². The van der Waals surface area contributed by atoms with Crippen LogP contribution < -0.4 is 10.2 Å². The maximum absolute atomic E-state index is 13.1. The summed E-state index contributed by atoms with van der Waals surface area (Å²) in [5.41, 5.74) is 2.89. The second kappa shape index (κ2) is 9.15. The van der Waals surface area contributed by atoms with Crippen molar-refractivity contribution in [1.29, 1.82) is 0 Å². The fourth-order valence-electron chi connectivity index (χ4n) is 3.83. The van der Waals surface area contributed by atoms with E-state index in [2.05, 4.69) is 21.3 Å². The lowest BCUT2D eigenvalue weighted by Crippen LogP contribution is -2.41. The zero-order valence-corrected chi connectivity index (χ0v) is 16.5. The maximum atomic E-state index is 13.1. The summed E-state index contributed by atoms with van der Waals surface area (Å²) in [6.07, 6.45) is 3.44. The molecule has 0 radical (unpaired) electrons. The van der Waals surface area contributed by atoms with Crippen LogP contribution in [0.15, 0.2) is 42.6 Å². The third-order valence-electron chi connectivity index (χ3n) is 5.41. The molecule has 1 aromatic carbocycles. The number of pyridine rings is 1. The molecule has 3 heterocycles. The van der Waals surface area contributed by atoms with Crippen molar-refractivity contribution in [3.05, 3.63) is 59.4 Å². The third-order valence-corrected chi connectivity index (χ3v) is 5.41. The molecule has 1 N–H and O–H groups in total. The molecule has 0 saturated carbocycles. The Kier molecular flexibility index (Phi) is 6.17. The van der Waals surface area contributed by atoms with Crippen LogP contribution in [-0.4, -0.2) is 67.6 Å². The standard InChI is InChI=1S/C22H26N4O3/c27-21(24-9-11-25-12-14-29-15-13-25)19-16-18(7-8-23-19)22(28)26-10-3-5-17-4-1-2-6-20(17)26/h1-2,4,6-8,16H,3,5,9-15H2,(H,24,27). The zero-order valence-electron chi connectivity index (χ0n) is 16.5. The van der Waals surface area contributed by atoms with Gasteiger partial charge < -0.3 is 15.0 Å². The molecule has 7 heteroatoms. The van der Waals surface area contributed by atoms with E-state index in [1.54, 1.807) is 17.0 Å². The van der Waals surface area contributed by atoms with E-state index in [0.29, 0.717) is 18.7 Å². The van der Waals surface area contributed by atoms with Crippen LogP contribution in [0, 0.1) is 0 Å². The molecule has 1 fully saturated rings. The van der Waals surface area contributed by atoms with E-state index in [1.807, 2.05) is 18.2 Å². The summed E-state index contributed by atoms with van der Waals surface area (Å²) >= 11 is 0. The predicted octanol–water partition coefficient (Wildman–Crippen LogP) is 1.74. The summed E-state index contributed by atoms with van der Waals surface area (Å²) < 4.78 is 5.33. The van der Waals surface area contributed by atoms with E-state index in [4.69, 9.17) is 4.74 Å². The molecule has 4 rings (SSSR count). The SMILES string of the molecule is O=C(NCCN1CCOCC1)c1cc(C(=O)N2CCCc3ccccc32)ccn1. The van der Waals surface area contributed by atoms with Crippen LogP contribution in [0.4, 0.5) is 5.69 Å². The number of hydrogen-bond donors (Lipinski definition) is 1. The lowest BCUT2D eigenvalue weighted by Gasteiger charge is -2.29. The van der Waals surface area contributed by atoms with Crippen LogP contribution in [0.25, 0.3) is 0 Å². The van der Waals surface area contributed by atoms with Crippen molar-refractivity contribution < 1.29 is 14.3 Å². The van der Waals surface area contributed by atoms with Crippen molar-refractivity contribution in [3.8, 4) is 0 Å². The van der Waals surface area contributed by atoms with E-state index in [1.165, 1.54) is 11.8 Å². The van der Waals surface area contributed by atoms with Gasteiger partial charge in [-0.1, -0.05) is 18.2 Å². The van der Waals surface area contributed by atoms with Crippen LogP contribution in [0.1, 0.15) is 32.8 Å². The monoisotopic (exact) mass is 394 g/mol. The number of carbonyl (C=O) groups is 2. The number of amides is 2. The number of morpholine rings is 1. The van der Waals surface area contributed by atoms with Crippen molar-refractivity contribution in [2.24, 2.45) is 0 Å². The number of benzene rings is 1. The fraction of sp³-hybridized carbons (Fsp3) is 0.409. The maximum Gasteiger partial charge on any atom is 0.269 e. The highest BCUT2D eigenvalue weighted by molar-refractivity contribution is 6.07. The topological polar surface area (TPSA) is 74.8 Å². The van der Waals surface area contributed by atoms with Crippen molar-refractivity contribution in [2.45, 2.75) is 12.8 Å². The Morgan fingerprint density at radius 3 is 2.79 bits per heavy atom. The Balaban J connectivity index is 1.40. The molecule has 2 aliphatic rings. The van der Waals surface area contributed by atoms with Crippen LogP contribution >= 0.6 is 0 Å². The second-order valence-electron chi connectivity index (χ2n) is 7.33. The van der Waals surface area contributed by atoms with Gasteiger partial charge in [0, 0.05) is 50.2 Å². The molecule has 152 valence electrons. The largest absolute Gasteiger partial charge is 0.379 e. The minimum Gasteiger partial charge on any atom is -0.379 e.